The first-order valence-electron chi connectivity index (χ1n) is 44.5. The summed E-state index contributed by atoms with van der Waals surface area (Å²) in [5, 5.41) is 20.5. The minimum absolute atomic E-state index is 0.0517. The molecule has 0 atom stereocenters. The smallest absolute Gasteiger partial charge is 0.410 e. The zero-order valence-corrected chi connectivity index (χ0v) is 76.1. The minimum Gasteiger partial charge on any atom is -0.444 e. The summed E-state index contributed by atoms with van der Waals surface area (Å²) >= 11 is 3.70. The number of H-pyrrole nitrogens is 3. The standard InChI is InChI=1S/C40H52N6O4.C35H44N6O2.C24H29BrN4O2/c1-7-46(32-13-20-49-21-14-32)36-24-31(23-34-33(36)12-15-41-37(34)42-25-35-27(2)22-28(3)43-38(35)47)30-10-8-29(9-11-30)26-44-16-18-45(19-17-44)39(48)50-40(4,5)6;1-4-41(29-10-17-43-18-11-29)33-21-28(27-7-5-26(6-8-27)23-40-15-13-36-14-16-40)20-31-30(33)9-12-37-34(31)38-22-32-24(2)19-25(3)39-35(32)42;1-4-29(18-6-9-31-10-7-18)22-13-17(25)12-20-19(22)5-8-26-23(20)27-14-21-15(2)11-16(3)28-24(21)30/h8-12,15,22-24,32H,7,13-14,16-21,25-26H2,1-6H3,(H,41,42)(H,43,47);5-9,12,19-21,29,36H,4,10-11,13-18,22-23H2,1-3H3,(H,37,38)(H,39,42);5,8,11-13,18H,4,6-7,9-10,14H2,1-3H3,(H,26,27)(H,28,30). The Hall–Kier alpha value is -10.5. The van der Waals surface area contributed by atoms with Crippen molar-refractivity contribution in [1.82, 2.24) is 49.9 Å². The number of carbonyl (C=O) groups excluding carboxylic acids is 1. The van der Waals surface area contributed by atoms with Crippen molar-refractivity contribution in [2.45, 2.75) is 178 Å². The number of aryl methyl sites for hydroxylation is 6. The molecule has 11 heterocycles. The molecular formula is C99H125BrN16O8. The van der Waals surface area contributed by atoms with Gasteiger partial charge in [-0.25, -0.2) is 19.7 Å². The van der Waals surface area contributed by atoms with Crippen molar-refractivity contribution in [2.75, 3.05) is 142 Å². The summed E-state index contributed by atoms with van der Waals surface area (Å²) in [7, 11) is 0. The lowest BCUT2D eigenvalue weighted by molar-refractivity contribution is 0.0139. The Morgan fingerprint density at radius 1 is 0.444 bits per heavy atom. The van der Waals surface area contributed by atoms with Crippen molar-refractivity contribution in [2.24, 2.45) is 0 Å². The Kier molecular flexibility index (Phi) is 30.1. The minimum atomic E-state index is -0.489. The van der Waals surface area contributed by atoms with Gasteiger partial charge in [0.15, 0.2) is 0 Å². The number of hydrogen-bond acceptors (Lipinski definition) is 20. The van der Waals surface area contributed by atoms with E-state index < -0.39 is 5.60 Å². The molecule has 24 nitrogen and oxygen atoms in total. The first kappa shape index (κ1) is 89.8. The van der Waals surface area contributed by atoms with Gasteiger partial charge in [0.1, 0.15) is 23.1 Å². The largest absolute Gasteiger partial charge is 0.444 e. The third-order valence-corrected chi connectivity index (χ3v) is 25.2. The fourth-order valence-electron chi connectivity index (χ4n) is 18.3. The molecule has 0 aliphatic carbocycles. The first-order valence-corrected chi connectivity index (χ1v) is 45.3. The van der Waals surface area contributed by atoms with Gasteiger partial charge in [-0.1, -0.05) is 64.5 Å². The maximum Gasteiger partial charge on any atom is 0.410 e. The number of rotatable bonds is 24. The van der Waals surface area contributed by atoms with Gasteiger partial charge in [-0.2, -0.15) is 0 Å². The van der Waals surface area contributed by atoms with Gasteiger partial charge in [-0.05, 0) is 244 Å². The number of piperazine rings is 2. The van der Waals surface area contributed by atoms with E-state index in [0.29, 0.717) is 56.4 Å². The van der Waals surface area contributed by atoms with E-state index in [2.05, 4.69) is 206 Å². The van der Waals surface area contributed by atoms with E-state index in [9.17, 15) is 19.2 Å². The number of ether oxygens (including phenoxy) is 4. The summed E-state index contributed by atoms with van der Waals surface area (Å²) in [5.74, 6) is 2.33. The van der Waals surface area contributed by atoms with Crippen LogP contribution in [0, 0.1) is 41.5 Å². The average molecular weight is 1750 g/mol. The molecule has 0 radical (unpaired) electrons. The van der Waals surface area contributed by atoms with Gasteiger partial charge >= 0.3 is 6.09 Å². The van der Waals surface area contributed by atoms with Gasteiger partial charge < -0.3 is 74.8 Å². The molecule has 0 saturated carbocycles. The van der Waals surface area contributed by atoms with E-state index >= 15 is 0 Å². The van der Waals surface area contributed by atoms with E-state index in [1.807, 2.05) is 99.1 Å². The van der Waals surface area contributed by atoms with Crippen LogP contribution in [0.3, 0.4) is 0 Å². The molecule has 124 heavy (non-hydrogen) atoms. The summed E-state index contributed by atoms with van der Waals surface area (Å²) in [6.07, 6.45) is 11.4. The van der Waals surface area contributed by atoms with Gasteiger partial charge in [-0.15, -0.1) is 0 Å². The molecule has 5 fully saturated rings. The van der Waals surface area contributed by atoms with E-state index in [4.69, 9.17) is 28.9 Å². The molecule has 16 rings (SSSR count). The van der Waals surface area contributed by atoms with Crippen LogP contribution in [0.1, 0.15) is 142 Å². The Bertz CT molecular complexity index is 5680. The molecule has 0 bridgehead atoms. The third-order valence-electron chi connectivity index (χ3n) is 24.8. The van der Waals surface area contributed by atoms with Crippen molar-refractivity contribution < 1.29 is 23.7 Å². The van der Waals surface area contributed by atoms with Gasteiger partial charge in [-0.3, -0.25) is 24.2 Å². The Balaban J connectivity index is 0.000000155. The maximum atomic E-state index is 12.8. The lowest BCUT2D eigenvalue weighted by atomic mass is 9.97. The summed E-state index contributed by atoms with van der Waals surface area (Å²) in [4.78, 5) is 87.7. The zero-order chi connectivity index (χ0) is 87.1. The van der Waals surface area contributed by atoms with Crippen molar-refractivity contribution in [3.63, 3.8) is 0 Å². The number of nitrogens with zero attached hydrogens (tertiary/aromatic N) is 9. The molecule has 7 N–H and O–H groups in total. The van der Waals surface area contributed by atoms with Gasteiger partial charge in [0, 0.05) is 269 Å². The van der Waals surface area contributed by atoms with Crippen LogP contribution in [0.2, 0.25) is 0 Å². The summed E-state index contributed by atoms with van der Waals surface area (Å²) in [6.45, 7) is 41.8. The number of nitrogens with one attached hydrogen (secondary N) is 7. The number of fused-ring (bicyclic) bond motifs is 3. The summed E-state index contributed by atoms with van der Waals surface area (Å²) < 4.78 is 23.6. The molecule has 0 spiro atoms. The van der Waals surface area contributed by atoms with Gasteiger partial charge in [0.2, 0.25) is 0 Å². The second-order valence-electron chi connectivity index (χ2n) is 34.6. The predicted octanol–water partition coefficient (Wildman–Crippen LogP) is 17.0. The summed E-state index contributed by atoms with van der Waals surface area (Å²) in [6, 6.07) is 45.0. The maximum absolute atomic E-state index is 12.8. The van der Waals surface area contributed by atoms with Gasteiger partial charge in [0.05, 0.1) is 0 Å². The van der Waals surface area contributed by atoms with Crippen molar-refractivity contribution in [3.8, 4) is 22.3 Å². The number of amides is 1. The molecule has 11 aromatic rings. The summed E-state index contributed by atoms with van der Waals surface area (Å²) in [5.41, 5.74) is 17.8. The third kappa shape index (κ3) is 22.2. The van der Waals surface area contributed by atoms with Gasteiger partial charge in [0.25, 0.3) is 16.7 Å². The average Bonchev–Trinajstić information content (AvgIpc) is 1.13. The van der Waals surface area contributed by atoms with Crippen LogP contribution in [-0.4, -0.2) is 186 Å². The SMILES string of the molecule is CCN(c1cc(-c2ccc(CN3CCN(C(=O)OC(C)(C)C)CC3)cc2)cc2c(NCc3c(C)cc(C)[nH]c3=O)nccc12)C1CCOCC1.CCN(c1cc(-c2ccc(CN3CCNCC3)cc2)cc2c(NCc3c(C)cc(C)[nH]c3=O)nccc12)C1CCOCC1.CCN(c1cc(Br)cc2c(NCc3c(C)cc(C)[nH]c3=O)nccc12)C1CCOCC1. The fraction of sp³-hybridized carbons (Fsp3) is 0.444. The quantitative estimate of drug-likeness (QED) is 0.0297. The molecular weight excluding hydrogens is 1620 g/mol. The predicted molar refractivity (Wildman–Crippen MR) is 507 cm³/mol. The highest BCUT2D eigenvalue weighted by Crippen LogP contribution is 2.42. The molecule has 5 saturated heterocycles. The van der Waals surface area contributed by atoms with E-state index in [0.717, 1.165) is 255 Å². The second kappa shape index (κ2) is 41.5. The molecule has 5 aromatic carbocycles. The van der Waals surface area contributed by atoms with E-state index in [1.54, 1.807) is 4.90 Å². The molecule has 5 aliphatic rings. The number of anilines is 6. The molecule has 5 aliphatic heterocycles. The number of pyridine rings is 6. The second-order valence-corrected chi connectivity index (χ2v) is 35.5. The lowest BCUT2D eigenvalue weighted by Crippen LogP contribution is -2.49. The normalized spacial score (nSPS) is 15.9. The number of carbonyl (C=O) groups is 1. The highest BCUT2D eigenvalue weighted by atomic mass is 79.9. The van der Waals surface area contributed by atoms with Crippen LogP contribution in [0.15, 0.2) is 159 Å². The van der Waals surface area contributed by atoms with Crippen LogP contribution in [-0.2, 0) is 51.7 Å². The van der Waals surface area contributed by atoms with Crippen molar-refractivity contribution in [3.05, 3.63) is 237 Å². The van der Waals surface area contributed by atoms with Crippen molar-refractivity contribution >= 4 is 88.9 Å². The highest BCUT2D eigenvalue weighted by Gasteiger charge is 2.30. The van der Waals surface area contributed by atoms with Crippen LogP contribution in [0.5, 0.6) is 0 Å². The highest BCUT2D eigenvalue weighted by molar-refractivity contribution is 9.10. The Labute approximate surface area is 737 Å². The number of halogens is 1. The lowest BCUT2D eigenvalue weighted by Gasteiger charge is -2.36. The first-order chi connectivity index (χ1) is 60.0. The Morgan fingerprint density at radius 3 is 1.12 bits per heavy atom. The van der Waals surface area contributed by atoms with Crippen LogP contribution < -0.4 is 52.6 Å². The number of benzene rings is 5. The molecule has 656 valence electrons. The monoisotopic (exact) mass is 1740 g/mol. The van der Waals surface area contributed by atoms with E-state index in [-0.39, 0.29) is 22.8 Å². The Morgan fingerprint density at radius 2 is 0.782 bits per heavy atom. The molecule has 6 aromatic heterocycles. The zero-order valence-electron chi connectivity index (χ0n) is 74.5. The van der Waals surface area contributed by atoms with Crippen LogP contribution >= 0.6 is 15.9 Å². The van der Waals surface area contributed by atoms with Crippen molar-refractivity contribution in [1.29, 1.82) is 0 Å². The topological polar surface area (TPSA) is 259 Å². The molecule has 1 amide bonds. The number of hydrogen-bond donors (Lipinski definition) is 7. The van der Waals surface area contributed by atoms with E-state index in [1.165, 1.54) is 44.7 Å². The van der Waals surface area contributed by atoms with Crippen LogP contribution in [0.25, 0.3) is 54.6 Å². The molecule has 0 unspecified atom stereocenters. The van der Waals surface area contributed by atoms with Crippen LogP contribution in [0.4, 0.5) is 39.3 Å². The number of aromatic amines is 3. The number of aromatic nitrogens is 6. The molecule has 25 heteroatoms. The fourth-order valence-corrected chi connectivity index (χ4v) is 18.8.